The van der Waals surface area contributed by atoms with Gasteiger partial charge >= 0.3 is 0 Å². The van der Waals surface area contributed by atoms with Crippen LogP contribution in [0.5, 0.6) is 11.5 Å². The van der Waals surface area contributed by atoms with E-state index in [2.05, 4.69) is 0 Å². The number of hydrogen-bond donors (Lipinski definition) is 1. The van der Waals surface area contributed by atoms with E-state index in [-0.39, 0.29) is 16.9 Å². The molecule has 0 saturated carbocycles. The van der Waals surface area contributed by atoms with Gasteiger partial charge in [0.15, 0.2) is 0 Å². The van der Waals surface area contributed by atoms with Gasteiger partial charge in [-0.2, -0.15) is 0 Å². The lowest BCUT2D eigenvalue weighted by molar-refractivity contribution is -0.146. The van der Waals surface area contributed by atoms with Crippen LogP contribution in [0, 0.1) is 0 Å². The van der Waals surface area contributed by atoms with Crippen molar-refractivity contribution in [1.82, 2.24) is 9.80 Å². The summed E-state index contributed by atoms with van der Waals surface area (Å²) >= 11 is 1.08. The quantitative estimate of drug-likeness (QED) is 0.764. The summed E-state index contributed by atoms with van der Waals surface area (Å²) in [4.78, 5) is 42.0. The molecule has 2 aromatic carbocycles. The fourth-order valence-electron chi connectivity index (χ4n) is 3.78. The van der Waals surface area contributed by atoms with Gasteiger partial charge in [-0.05, 0) is 48.6 Å². The molecule has 0 saturated heterocycles. The minimum atomic E-state index is -0.795. The summed E-state index contributed by atoms with van der Waals surface area (Å²) in [6.07, 6.45) is 2.34. The molecule has 2 aromatic rings. The molecule has 0 spiro atoms. The number of carbonyl (C=O) groups excluding carboxylic acids is 3. The van der Waals surface area contributed by atoms with Crippen molar-refractivity contribution < 1.29 is 19.1 Å². The van der Waals surface area contributed by atoms with Crippen molar-refractivity contribution in [3.63, 3.8) is 0 Å². The number of fused-ring (bicyclic) bond motifs is 7. The molecule has 0 aromatic heterocycles. The van der Waals surface area contributed by atoms with E-state index in [4.69, 9.17) is 10.5 Å². The smallest absolute Gasteiger partial charge is 0.246 e. The van der Waals surface area contributed by atoms with Gasteiger partial charge in [0.2, 0.25) is 16.9 Å². The monoisotopic (exact) mass is 455 g/mol. The van der Waals surface area contributed by atoms with Crippen LogP contribution >= 0.6 is 11.8 Å². The van der Waals surface area contributed by atoms with Crippen LogP contribution in [0.1, 0.15) is 18.1 Å². The van der Waals surface area contributed by atoms with Gasteiger partial charge in [-0.3, -0.25) is 14.4 Å². The zero-order valence-corrected chi connectivity index (χ0v) is 19.6. The van der Waals surface area contributed by atoms with Crippen molar-refractivity contribution in [2.75, 3.05) is 20.4 Å². The summed E-state index contributed by atoms with van der Waals surface area (Å²) in [5.74, 6) is 0.692. The molecule has 2 heterocycles. The van der Waals surface area contributed by atoms with Crippen LogP contribution < -0.4 is 10.5 Å². The van der Waals surface area contributed by atoms with Crippen LogP contribution in [-0.4, -0.2) is 65.2 Å². The number of benzene rings is 2. The number of nitrogens with zero attached hydrogens (tertiary/aromatic N) is 2. The molecule has 4 rings (SSSR count). The molecule has 2 aliphatic rings. The first-order chi connectivity index (χ1) is 15.2. The van der Waals surface area contributed by atoms with Gasteiger partial charge in [0.1, 0.15) is 23.6 Å². The highest BCUT2D eigenvalue weighted by Crippen LogP contribution is 2.26. The number of ether oxygens (including phenoxy) is 1. The third-order valence-corrected chi connectivity index (χ3v) is 6.37. The molecule has 0 fully saturated rings. The highest BCUT2D eigenvalue weighted by atomic mass is 32.2. The van der Waals surface area contributed by atoms with Crippen LogP contribution in [-0.2, 0) is 27.2 Å². The normalized spacial score (nSPS) is 19.7. The Morgan fingerprint density at radius 2 is 1.81 bits per heavy atom. The Balaban J connectivity index is 2.08. The van der Waals surface area contributed by atoms with Gasteiger partial charge in [-0.25, -0.2) is 0 Å². The van der Waals surface area contributed by atoms with E-state index in [9.17, 15) is 14.4 Å². The van der Waals surface area contributed by atoms with Crippen LogP contribution in [0.2, 0.25) is 0 Å². The van der Waals surface area contributed by atoms with Gasteiger partial charge in [0, 0.05) is 26.9 Å². The van der Waals surface area contributed by atoms with Crippen molar-refractivity contribution >= 4 is 28.7 Å². The topological polar surface area (TPSA) is 92.9 Å². The predicted octanol–water partition coefficient (Wildman–Crippen LogP) is 2.47. The first-order valence-corrected chi connectivity index (χ1v) is 11.7. The van der Waals surface area contributed by atoms with Crippen molar-refractivity contribution in [3.8, 4) is 11.5 Å². The summed E-state index contributed by atoms with van der Waals surface area (Å²) < 4.78 is 5.98. The molecule has 8 heteroatoms. The lowest BCUT2D eigenvalue weighted by Gasteiger charge is -2.35. The maximum absolute atomic E-state index is 13.7. The second-order valence-electron chi connectivity index (χ2n) is 8.04. The average Bonchev–Trinajstić information content (AvgIpc) is 2.79. The molecule has 2 N–H and O–H groups in total. The fraction of sp³-hybridized carbons (Fsp3) is 0.375. The Labute approximate surface area is 192 Å². The molecule has 0 unspecified atom stereocenters. The predicted molar refractivity (Wildman–Crippen MR) is 126 cm³/mol. The largest absolute Gasteiger partial charge is 0.457 e. The third-order valence-electron chi connectivity index (χ3n) is 5.69. The van der Waals surface area contributed by atoms with Crippen LogP contribution in [0.25, 0.3) is 0 Å². The standard InChI is InChI=1S/C24H29N3O4S/c1-15(25)22(28)26(2)20-13-16-8-10-18(11-9-16)31-19-7-5-6-17(12-19)14-21(24(30)32-4)27(3)23(20)29/h5-12,15,20-21H,13-14,25H2,1-4H3/t15-,20-,21-/m0/s1. The fourth-order valence-corrected chi connectivity index (χ4v) is 4.29. The van der Waals surface area contributed by atoms with Crippen molar-refractivity contribution in [2.45, 2.75) is 37.9 Å². The van der Waals surface area contributed by atoms with E-state index in [1.54, 1.807) is 27.3 Å². The molecular weight excluding hydrogens is 426 g/mol. The Hall–Kier alpha value is -2.84. The lowest BCUT2D eigenvalue weighted by Crippen LogP contribution is -2.55. The molecule has 3 atom stereocenters. The van der Waals surface area contributed by atoms with E-state index in [0.29, 0.717) is 24.3 Å². The van der Waals surface area contributed by atoms with Crippen LogP contribution in [0.3, 0.4) is 0 Å². The first kappa shape index (κ1) is 23.8. The zero-order chi connectivity index (χ0) is 23.4. The summed E-state index contributed by atoms with van der Waals surface area (Å²) in [5, 5.41) is -0.123. The zero-order valence-electron chi connectivity index (χ0n) is 18.8. The minimum Gasteiger partial charge on any atom is -0.457 e. The Bertz CT molecular complexity index is 993. The van der Waals surface area contributed by atoms with Gasteiger partial charge < -0.3 is 20.3 Å². The highest BCUT2D eigenvalue weighted by Gasteiger charge is 2.35. The van der Waals surface area contributed by atoms with Crippen molar-refractivity contribution in [2.24, 2.45) is 5.73 Å². The van der Waals surface area contributed by atoms with Crippen LogP contribution in [0.4, 0.5) is 0 Å². The molecule has 2 amide bonds. The van der Waals surface area contributed by atoms with Gasteiger partial charge in [0.05, 0.1) is 6.04 Å². The Morgan fingerprint density at radius 1 is 1.12 bits per heavy atom. The summed E-state index contributed by atoms with van der Waals surface area (Å²) in [6.45, 7) is 1.59. The van der Waals surface area contributed by atoms with Gasteiger partial charge in [-0.15, -0.1) is 0 Å². The molecule has 2 aliphatic heterocycles. The molecule has 4 bridgehead atoms. The molecule has 170 valence electrons. The number of likely N-dealkylation sites (N-methyl/N-ethyl adjacent to an activating group) is 2. The molecule has 7 nitrogen and oxygen atoms in total. The van der Waals surface area contributed by atoms with Gasteiger partial charge in [-0.1, -0.05) is 36.0 Å². The van der Waals surface area contributed by atoms with Crippen LogP contribution in [0.15, 0.2) is 48.5 Å². The molecule has 0 radical (unpaired) electrons. The van der Waals surface area contributed by atoms with E-state index in [1.165, 1.54) is 9.80 Å². The highest BCUT2D eigenvalue weighted by molar-refractivity contribution is 8.13. The van der Waals surface area contributed by atoms with E-state index < -0.39 is 18.1 Å². The Kier molecular flexibility index (Phi) is 7.58. The number of rotatable bonds is 3. The molecule has 0 aliphatic carbocycles. The number of thioether (sulfide) groups is 1. The summed E-state index contributed by atoms with van der Waals surface area (Å²) in [6, 6.07) is 12.7. The molecular formula is C24H29N3O4S. The summed E-state index contributed by atoms with van der Waals surface area (Å²) in [5.41, 5.74) is 7.55. The minimum absolute atomic E-state index is 0.123. The van der Waals surface area contributed by atoms with E-state index in [1.807, 2.05) is 48.5 Å². The second kappa shape index (κ2) is 10.2. The second-order valence-corrected chi connectivity index (χ2v) is 8.85. The number of amides is 2. The Morgan fingerprint density at radius 3 is 2.44 bits per heavy atom. The molecule has 32 heavy (non-hydrogen) atoms. The number of carbonyl (C=O) groups is 3. The van der Waals surface area contributed by atoms with Crippen molar-refractivity contribution in [1.29, 1.82) is 0 Å². The average molecular weight is 456 g/mol. The maximum atomic E-state index is 13.7. The lowest BCUT2D eigenvalue weighted by atomic mass is 10.00. The number of hydrogen-bond acceptors (Lipinski definition) is 6. The van der Waals surface area contributed by atoms with E-state index >= 15 is 0 Å². The first-order valence-electron chi connectivity index (χ1n) is 10.4. The maximum Gasteiger partial charge on any atom is 0.246 e. The third kappa shape index (κ3) is 5.31. The van der Waals surface area contributed by atoms with Gasteiger partial charge in [0.25, 0.3) is 0 Å². The van der Waals surface area contributed by atoms with E-state index in [0.717, 1.165) is 22.9 Å². The van der Waals surface area contributed by atoms with Crippen molar-refractivity contribution in [3.05, 3.63) is 59.7 Å². The SMILES string of the molecule is CSC(=O)[C@@H]1Cc2cccc(c2)Oc2ccc(cc2)C[C@H](N(C)C(=O)[C@H](C)N)C(=O)N1C. The number of nitrogens with two attached hydrogens (primary N) is 1. The summed E-state index contributed by atoms with van der Waals surface area (Å²) in [7, 11) is 3.20.